The Labute approximate surface area is 99.6 Å². The van der Waals surface area contributed by atoms with Crippen molar-refractivity contribution in [3.05, 3.63) is 0 Å². The molecule has 1 saturated heterocycles. The Kier molecular flexibility index (Phi) is 5.08. The first-order valence-electron chi connectivity index (χ1n) is 5.42. The summed E-state index contributed by atoms with van der Waals surface area (Å²) < 4.78 is 0. The number of carbonyl (C=O) groups is 2. The molecule has 1 aliphatic rings. The molecule has 0 spiro atoms. The van der Waals surface area contributed by atoms with E-state index in [-0.39, 0.29) is 11.9 Å². The van der Waals surface area contributed by atoms with Crippen LogP contribution in [0, 0.1) is 0 Å². The van der Waals surface area contributed by atoms with Crippen LogP contribution in [0.2, 0.25) is 0 Å². The second-order valence-corrected chi connectivity index (χ2v) is 4.89. The van der Waals surface area contributed by atoms with Crippen LogP contribution in [-0.2, 0) is 9.59 Å². The Hall–Kier alpha value is -0.750. The highest BCUT2D eigenvalue weighted by Gasteiger charge is 2.34. The third-order valence-electron chi connectivity index (χ3n) is 2.68. The molecule has 0 saturated carbocycles. The van der Waals surface area contributed by atoms with E-state index in [0.717, 1.165) is 5.75 Å². The number of hydrogen-bond acceptors (Lipinski definition) is 4. The maximum Gasteiger partial charge on any atom is 0.321 e. The van der Waals surface area contributed by atoms with Gasteiger partial charge in [0.15, 0.2) is 0 Å². The summed E-state index contributed by atoms with van der Waals surface area (Å²) in [6.45, 7) is 4.84. The quantitative estimate of drug-likeness (QED) is 0.731. The zero-order chi connectivity index (χ0) is 12.1. The van der Waals surface area contributed by atoms with Gasteiger partial charge in [-0.05, 0) is 13.8 Å². The fraction of sp³-hybridized carbons (Fsp3) is 0.800. The molecule has 0 bridgehead atoms. The lowest BCUT2D eigenvalue weighted by atomic mass is 10.2. The van der Waals surface area contributed by atoms with Crippen LogP contribution in [0.5, 0.6) is 0 Å². The molecule has 0 aliphatic carbocycles. The van der Waals surface area contributed by atoms with E-state index < -0.39 is 12.0 Å². The summed E-state index contributed by atoms with van der Waals surface area (Å²) in [5.74, 6) is 0.496. The highest BCUT2D eigenvalue weighted by Crippen LogP contribution is 2.19. The lowest BCUT2D eigenvalue weighted by Crippen LogP contribution is -2.55. The second kappa shape index (κ2) is 6.10. The normalized spacial score (nSPS) is 23.8. The second-order valence-electron chi connectivity index (χ2n) is 3.74. The summed E-state index contributed by atoms with van der Waals surface area (Å²) in [7, 11) is 0. The van der Waals surface area contributed by atoms with E-state index in [4.69, 9.17) is 5.11 Å². The van der Waals surface area contributed by atoms with Gasteiger partial charge >= 0.3 is 5.97 Å². The summed E-state index contributed by atoms with van der Waals surface area (Å²) in [4.78, 5) is 24.5. The minimum atomic E-state index is -0.844. The predicted octanol–water partition coefficient (Wildman–Crippen LogP) is 0.0130. The zero-order valence-electron chi connectivity index (χ0n) is 9.60. The van der Waals surface area contributed by atoms with Crippen LogP contribution in [0.25, 0.3) is 0 Å². The molecule has 0 aromatic heterocycles. The first-order valence-corrected chi connectivity index (χ1v) is 6.57. The number of carbonyl (C=O) groups excluding carboxylic acids is 1. The molecule has 0 aromatic rings. The van der Waals surface area contributed by atoms with Gasteiger partial charge in [0, 0.05) is 24.6 Å². The Bertz CT molecular complexity index is 273. The molecule has 16 heavy (non-hydrogen) atoms. The summed E-state index contributed by atoms with van der Waals surface area (Å²) in [5, 5.41) is 11.8. The van der Waals surface area contributed by atoms with Crippen molar-refractivity contribution in [2.24, 2.45) is 0 Å². The molecule has 6 heteroatoms. The Morgan fingerprint density at radius 1 is 1.62 bits per heavy atom. The summed E-state index contributed by atoms with van der Waals surface area (Å²) >= 11 is 1.62. The monoisotopic (exact) mass is 246 g/mol. The van der Waals surface area contributed by atoms with Crippen LogP contribution in [0.15, 0.2) is 0 Å². The van der Waals surface area contributed by atoms with Gasteiger partial charge in [0.2, 0.25) is 5.91 Å². The number of carboxylic acid groups (broad SMARTS) is 1. The van der Waals surface area contributed by atoms with Crippen molar-refractivity contribution in [1.29, 1.82) is 0 Å². The first-order chi connectivity index (χ1) is 7.57. The molecule has 1 rings (SSSR count). The van der Waals surface area contributed by atoms with E-state index in [1.807, 2.05) is 6.92 Å². The summed E-state index contributed by atoms with van der Waals surface area (Å²) in [6.07, 6.45) is 0. The van der Waals surface area contributed by atoms with E-state index in [1.165, 1.54) is 0 Å². The third-order valence-corrected chi connectivity index (χ3v) is 3.71. The Morgan fingerprint density at radius 3 is 2.88 bits per heavy atom. The number of rotatable bonds is 4. The van der Waals surface area contributed by atoms with Crippen LogP contribution >= 0.6 is 11.8 Å². The minimum absolute atomic E-state index is 0.0966. The van der Waals surface area contributed by atoms with Gasteiger partial charge in [-0.1, -0.05) is 0 Å². The fourth-order valence-corrected chi connectivity index (χ4v) is 2.83. The van der Waals surface area contributed by atoms with Crippen molar-refractivity contribution in [3.63, 3.8) is 0 Å². The molecule has 0 aromatic carbocycles. The third kappa shape index (κ3) is 3.12. The van der Waals surface area contributed by atoms with Crippen LogP contribution in [0.1, 0.15) is 13.8 Å². The zero-order valence-corrected chi connectivity index (χ0v) is 10.4. The maximum atomic E-state index is 11.7. The van der Waals surface area contributed by atoms with Crippen LogP contribution < -0.4 is 5.32 Å². The maximum absolute atomic E-state index is 11.7. The average Bonchev–Trinajstić information content (AvgIpc) is 2.28. The molecule has 2 N–H and O–H groups in total. The van der Waals surface area contributed by atoms with E-state index in [1.54, 1.807) is 23.6 Å². The van der Waals surface area contributed by atoms with E-state index in [2.05, 4.69) is 5.32 Å². The van der Waals surface area contributed by atoms with Crippen molar-refractivity contribution >= 4 is 23.6 Å². The number of aliphatic carboxylic acids is 1. The molecule has 2 atom stereocenters. The standard InChI is InChI=1S/C10H18N2O3S/c1-3-11-9(13)7(2)12-4-5-16-6-8(12)10(14)15/h7-8H,3-6H2,1-2H3,(H,11,13)(H,14,15). The van der Waals surface area contributed by atoms with Gasteiger partial charge in [0.25, 0.3) is 0 Å². The number of thioether (sulfide) groups is 1. The molecule has 0 radical (unpaired) electrons. The number of carboxylic acids is 1. The van der Waals surface area contributed by atoms with E-state index >= 15 is 0 Å². The van der Waals surface area contributed by atoms with E-state index in [9.17, 15) is 9.59 Å². The molecule has 1 fully saturated rings. The van der Waals surface area contributed by atoms with Crippen molar-refractivity contribution in [3.8, 4) is 0 Å². The van der Waals surface area contributed by atoms with Gasteiger partial charge in [-0.3, -0.25) is 14.5 Å². The van der Waals surface area contributed by atoms with Gasteiger partial charge in [-0.15, -0.1) is 0 Å². The molecule has 1 amide bonds. The van der Waals surface area contributed by atoms with Gasteiger partial charge in [0.1, 0.15) is 6.04 Å². The molecular weight excluding hydrogens is 228 g/mol. The topological polar surface area (TPSA) is 69.6 Å². The summed E-state index contributed by atoms with van der Waals surface area (Å²) in [6, 6.07) is -0.918. The molecule has 92 valence electrons. The predicted molar refractivity (Wildman–Crippen MR) is 63.6 cm³/mol. The molecule has 1 heterocycles. The van der Waals surface area contributed by atoms with Gasteiger partial charge in [0.05, 0.1) is 6.04 Å². The van der Waals surface area contributed by atoms with Crippen LogP contribution in [0.3, 0.4) is 0 Å². The van der Waals surface area contributed by atoms with Gasteiger partial charge in [-0.25, -0.2) is 0 Å². The highest BCUT2D eigenvalue weighted by molar-refractivity contribution is 7.99. The largest absolute Gasteiger partial charge is 0.480 e. The number of nitrogens with one attached hydrogen (secondary N) is 1. The lowest BCUT2D eigenvalue weighted by Gasteiger charge is -2.36. The highest BCUT2D eigenvalue weighted by atomic mass is 32.2. The molecular formula is C10H18N2O3S. The van der Waals surface area contributed by atoms with Crippen molar-refractivity contribution < 1.29 is 14.7 Å². The van der Waals surface area contributed by atoms with Crippen molar-refractivity contribution in [2.45, 2.75) is 25.9 Å². The minimum Gasteiger partial charge on any atom is -0.480 e. The number of hydrogen-bond donors (Lipinski definition) is 2. The van der Waals surface area contributed by atoms with E-state index in [0.29, 0.717) is 18.8 Å². The lowest BCUT2D eigenvalue weighted by molar-refractivity contribution is -0.144. The van der Waals surface area contributed by atoms with Crippen LogP contribution in [-0.4, -0.2) is 58.6 Å². The van der Waals surface area contributed by atoms with Crippen molar-refractivity contribution in [1.82, 2.24) is 10.2 Å². The van der Waals surface area contributed by atoms with Gasteiger partial charge < -0.3 is 10.4 Å². The Morgan fingerprint density at radius 2 is 2.31 bits per heavy atom. The smallest absolute Gasteiger partial charge is 0.321 e. The SMILES string of the molecule is CCNC(=O)C(C)N1CCSCC1C(=O)O. The number of likely N-dealkylation sites (N-methyl/N-ethyl adjacent to an activating group) is 1. The number of nitrogens with zero attached hydrogens (tertiary/aromatic N) is 1. The fourth-order valence-electron chi connectivity index (χ4n) is 1.77. The number of amides is 1. The molecule has 5 nitrogen and oxygen atoms in total. The molecule has 1 aliphatic heterocycles. The Balaban J connectivity index is 2.67. The van der Waals surface area contributed by atoms with Crippen LogP contribution in [0.4, 0.5) is 0 Å². The summed E-state index contributed by atoms with van der Waals surface area (Å²) in [5.41, 5.74) is 0. The molecule has 2 unspecified atom stereocenters. The average molecular weight is 246 g/mol. The van der Waals surface area contributed by atoms with Crippen molar-refractivity contribution in [2.75, 3.05) is 24.6 Å². The first kappa shape index (κ1) is 13.3. The van der Waals surface area contributed by atoms with Gasteiger partial charge in [-0.2, -0.15) is 11.8 Å².